The van der Waals surface area contributed by atoms with E-state index in [2.05, 4.69) is 53.5 Å². The normalized spacial score (nSPS) is 36.1. The van der Waals surface area contributed by atoms with Gasteiger partial charge < -0.3 is 9.64 Å². The van der Waals surface area contributed by atoms with Gasteiger partial charge in [-0.25, -0.2) is 0 Å². The SMILES string of the molecule is CCCC1N(C)C(C)CC(C)(C)C2(COC2)CC1(C)C. The van der Waals surface area contributed by atoms with Crippen molar-refractivity contribution in [2.24, 2.45) is 16.2 Å². The molecule has 0 saturated carbocycles. The fourth-order valence-corrected chi connectivity index (χ4v) is 4.90. The van der Waals surface area contributed by atoms with Crippen LogP contribution in [0, 0.1) is 16.2 Å². The van der Waals surface area contributed by atoms with Gasteiger partial charge in [0.05, 0.1) is 13.2 Å². The second kappa shape index (κ2) is 5.28. The third kappa shape index (κ3) is 2.54. The Labute approximate surface area is 126 Å². The van der Waals surface area contributed by atoms with Crippen molar-refractivity contribution in [3.05, 3.63) is 0 Å². The average Bonchev–Trinajstić information content (AvgIpc) is 2.28. The molecule has 118 valence electrons. The average molecular weight is 281 g/mol. The number of hydrogen-bond donors (Lipinski definition) is 0. The summed E-state index contributed by atoms with van der Waals surface area (Å²) in [6, 6.07) is 1.34. The van der Waals surface area contributed by atoms with E-state index >= 15 is 0 Å². The lowest BCUT2D eigenvalue weighted by Gasteiger charge is -2.60. The third-order valence-corrected chi connectivity index (χ3v) is 6.44. The maximum atomic E-state index is 5.68. The molecule has 0 bridgehead atoms. The Kier molecular flexibility index (Phi) is 4.30. The van der Waals surface area contributed by atoms with Gasteiger partial charge in [-0.3, -0.25) is 0 Å². The molecule has 2 atom stereocenters. The van der Waals surface area contributed by atoms with Crippen molar-refractivity contribution < 1.29 is 4.74 Å². The van der Waals surface area contributed by atoms with E-state index in [1.165, 1.54) is 25.7 Å². The first-order valence-electron chi connectivity index (χ1n) is 8.45. The summed E-state index contributed by atoms with van der Waals surface area (Å²) in [4.78, 5) is 2.66. The van der Waals surface area contributed by atoms with Crippen LogP contribution in [0.4, 0.5) is 0 Å². The quantitative estimate of drug-likeness (QED) is 0.746. The Morgan fingerprint density at radius 2 is 1.75 bits per heavy atom. The molecule has 0 aromatic rings. The number of rotatable bonds is 2. The molecule has 2 heteroatoms. The van der Waals surface area contributed by atoms with Crippen LogP contribution < -0.4 is 0 Å². The summed E-state index contributed by atoms with van der Waals surface area (Å²) in [6.45, 7) is 16.6. The highest BCUT2D eigenvalue weighted by molar-refractivity contribution is 5.05. The van der Waals surface area contributed by atoms with Crippen molar-refractivity contribution in [3.8, 4) is 0 Å². The summed E-state index contributed by atoms with van der Waals surface area (Å²) in [5.41, 5.74) is 1.13. The van der Waals surface area contributed by atoms with Crippen LogP contribution >= 0.6 is 0 Å². The largest absolute Gasteiger partial charge is 0.380 e. The van der Waals surface area contributed by atoms with Crippen molar-refractivity contribution in [1.82, 2.24) is 4.90 Å². The van der Waals surface area contributed by atoms with E-state index in [-0.39, 0.29) is 0 Å². The van der Waals surface area contributed by atoms with Gasteiger partial charge >= 0.3 is 0 Å². The Bertz CT molecular complexity index is 343. The Morgan fingerprint density at radius 3 is 2.20 bits per heavy atom. The molecule has 20 heavy (non-hydrogen) atoms. The molecule has 0 aromatic heterocycles. The minimum absolute atomic E-state index is 0.362. The molecule has 2 saturated heterocycles. The fraction of sp³-hybridized carbons (Fsp3) is 1.00. The van der Waals surface area contributed by atoms with Gasteiger partial charge in [-0.15, -0.1) is 0 Å². The zero-order valence-electron chi connectivity index (χ0n) is 14.8. The topological polar surface area (TPSA) is 12.5 Å². The molecule has 2 unspecified atom stereocenters. The van der Waals surface area contributed by atoms with Crippen molar-refractivity contribution in [2.45, 2.75) is 79.3 Å². The lowest BCUT2D eigenvalue weighted by atomic mass is 9.53. The number of ether oxygens (including phenoxy) is 1. The molecule has 0 aliphatic carbocycles. The minimum atomic E-state index is 0.362. The monoisotopic (exact) mass is 281 g/mol. The smallest absolute Gasteiger partial charge is 0.0550 e. The molecule has 2 aliphatic rings. The molecular formula is C18H35NO. The molecule has 0 aromatic carbocycles. The maximum absolute atomic E-state index is 5.68. The van der Waals surface area contributed by atoms with Crippen LogP contribution in [0.25, 0.3) is 0 Å². The predicted octanol–water partition coefficient (Wildman–Crippen LogP) is 4.34. The number of hydrogen-bond acceptors (Lipinski definition) is 2. The van der Waals surface area contributed by atoms with Gasteiger partial charge in [0.25, 0.3) is 0 Å². The second-order valence-corrected chi connectivity index (χ2v) is 8.85. The lowest BCUT2D eigenvalue weighted by molar-refractivity contribution is -0.212. The Morgan fingerprint density at radius 1 is 1.15 bits per heavy atom. The van der Waals surface area contributed by atoms with E-state index in [1.54, 1.807) is 0 Å². The van der Waals surface area contributed by atoms with Crippen LogP contribution in [0.1, 0.15) is 67.2 Å². The summed E-state index contributed by atoms with van der Waals surface area (Å²) in [5.74, 6) is 0. The highest BCUT2D eigenvalue weighted by atomic mass is 16.5. The first-order chi connectivity index (χ1) is 9.15. The standard InChI is InChI=1S/C18H35NO/c1-8-9-15-16(3,4)11-18(12-20-13-18)17(5,6)10-14(2)19(15)7/h14-15H,8-13H2,1-7H3. The van der Waals surface area contributed by atoms with E-state index in [0.717, 1.165) is 13.2 Å². The molecule has 2 aliphatic heterocycles. The van der Waals surface area contributed by atoms with E-state index < -0.39 is 0 Å². The van der Waals surface area contributed by atoms with E-state index in [0.29, 0.717) is 28.3 Å². The van der Waals surface area contributed by atoms with Crippen LogP contribution in [-0.4, -0.2) is 37.2 Å². The molecule has 2 fully saturated rings. The highest BCUT2D eigenvalue weighted by Crippen LogP contribution is 2.57. The van der Waals surface area contributed by atoms with Crippen molar-refractivity contribution >= 4 is 0 Å². The summed E-state index contributed by atoms with van der Waals surface area (Å²) >= 11 is 0. The molecule has 0 N–H and O–H groups in total. The summed E-state index contributed by atoms with van der Waals surface area (Å²) in [5, 5.41) is 0. The Balaban J connectivity index is 2.35. The first-order valence-corrected chi connectivity index (χ1v) is 8.45. The van der Waals surface area contributed by atoms with E-state index in [4.69, 9.17) is 4.74 Å². The minimum Gasteiger partial charge on any atom is -0.380 e. The highest BCUT2D eigenvalue weighted by Gasteiger charge is 2.56. The molecule has 2 heterocycles. The van der Waals surface area contributed by atoms with Crippen LogP contribution in [0.3, 0.4) is 0 Å². The van der Waals surface area contributed by atoms with Crippen LogP contribution in [0.2, 0.25) is 0 Å². The summed E-state index contributed by atoms with van der Waals surface area (Å²) in [7, 11) is 2.35. The van der Waals surface area contributed by atoms with Gasteiger partial charge in [0.2, 0.25) is 0 Å². The zero-order chi connectivity index (χ0) is 15.2. The van der Waals surface area contributed by atoms with Crippen molar-refractivity contribution in [2.75, 3.05) is 20.3 Å². The summed E-state index contributed by atoms with van der Waals surface area (Å²) in [6.07, 6.45) is 5.17. The van der Waals surface area contributed by atoms with Crippen molar-refractivity contribution in [1.29, 1.82) is 0 Å². The van der Waals surface area contributed by atoms with Crippen molar-refractivity contribution in [3.63, 3.8) is 0 Å². The maximum Gasteiger partial charge on any atom is 0.0550 e. The molecule has 0 radical (unpaired) electrons. The summed E-state index contributed by atoms with van der Waals surface area (Å²) < 4.78 is 5.68. The van der Waals surface area contributed by atoms with Gasteiger partial charge in [0.15, 0.2) is 0 Å². The van der Waals surface area contributed by atoms with Gasteiger partial charge in [0, 0.05) is 17.5 Å². The molecule has 2 nitrogen and oxygen atoms in total. The molecular weight excluding hydrogens is 246 g/mol. The van der Waals surface area contributed by atoms with Gasteiger partial charge in [-0.05, 0) is 44.1 Å². The lowest BCUT2D eigenvalue weighted by Crippen LogP contribution is -2.61. The zero-order valence-corrected chi connectivity index (χ0v) is 14.8. The second-order valence-electron chi connectivity index (χ2n) is 8.85. The molecule has 1 spiro atoms. The molecule has 0 amide bonds. The third-order valence-electron chi connectivity index (χ3n) is 6.44. The van der Waals surface area contributed by atoms with Gasteiger partial charge in [-0.2, -0.15) is 0 Å². The van der Waals surface area contributed by atoms with Crippen LogP contribution in [0.5, 0.6) is 0 Å². The van der Waals surface area contributed by atoms with E-state index in [9.17, 15) is 0 Å². The van der Waals surface area contributed by atoms with Crippen LogP contribution in [-0.2, 0) is 4.74 Å². The Hall–Kier alpha value is -0.0800. The fourth-order valence-electron chi connectivity index (χ4n) is 4.90. The van der Waals surface area contributed by atoms with Gasteiger partial charge in [0.1, 0.15) is 0 Å². The van der Waals surface area contributed by atoms with Crippen LogP contribution in [0.15, 0.2) is 0 Å². The first kappa shape index (κ1) is 16.3. The van der Waals surface area contributed by atoms with E-state index in [1.807, 2.05) is 0 Å². The molecule has 2 rings (SSSR count). The van der Waals surface area contributed by atoms with Gasteiger partial charge in [-0.1, -0.05) is 41.0 Å². The number of likely N-dealkylation sites (tertiary alicyclic amines) is 1. The predicted molar refractivity (Wildman–Crippen MR) is 86.0 cm³/mol. The number of nitrogens with zero attached hydrogens (tertiary/aromatic N) is 1.